The first-order valence-electron chi connectivity index (χ1n) is 4.68. The molecule has 0 radical (unpaired) electrons. The third kappa shape index (κ3) is 1.61. The smallest absolute Gasteiger partial charge is 0.237 e. The van der Waals surface area contributed by atoms with Gasteiger partial charge in [-0.05, 0) is 7.05 Å². The van der Waals surface area contributed by atoms with Crippen molar-refractivity contribution in [2.45, 2.75) is 32.2 Å². The van der Waals surface area contributed by atoms with Crippen molar-refractivity contribution in [2.24, 2.45) is 5.92 Å². The van der Waals surface area contributed by atoms with Crippen LogP contribution >= 0.6 is 0 Å². The minimum atomic E-state index is -0.0491. The highest BCUT2D eigenvalue weighted by molar-refractivity contribution is 5.03. The van der Waals surface area contributed by atoms with E-state index >= 15 is 0 Å². The summed E-state index contributed by atoms with van der Waals surface area (Å²) in [6.07, 6.45) is 2.09. The van der Waals surface area contributed by atoms with Gasteiger partial charge in [-0.2, -0.15) is 0 Å². The van der Waals surface area contributed by atoms with E-state index in [1.807, 2.05) is 0 Å². The van der Waals surface area contributed by atoms with Crippen molar-refractivity contribution in [2.75, 3.05) is 20.1 Å². The number of piperidine rings is 1. The van der Waals surface area contributed by atoms with Crippen molar-refractivity contribution >= 4 is 0 Å². The predicted molar refractivity (Wildman–Crippen MR) is 50.9 cm³/mol. The first-order valence-corrected chi connectivity index (χ1v) is 4.68. The van der Waals surface area contributed by atoms with Gasteiger partial charge in [-0.3, -0.25) is 0 Å². The molecule has 0 spiro atoms. The van der Waals surface area contributed by atoms with Gasteiger partial charge in [0.25, 0.3) is 0 Å². The Balaban J connectivity index is 2.65. The second-order valence-electron chi connectivity index (χ2n) is 4.17. The van der Waals surface area contributed by atoms with Crippen LogP contribution in [0.4, 0.5) is 0 Å². The molecule has 0 aromatic rings. The molecule has 0 saturated carbocycles. The lowest BCUT2D eigenvalue weighted by Crippen LogP contribution is -2.43. The molecular formula is C10H18N2. The fraction of sp³-hybridized carbons (Fsp3) is 0.900. The lowest BCUT2D eigenvalue weighted by molar-refractivity contribution is 0.180. The third-order valence-electron chi connectivity index (χ3n) is 3.15. The second kappa shape index (κ2) is 3.45. The predicted octanol–water partition coefficient (Wildman–Crippen LogP) is 2.03. The maximum atomic E-state index is 7.25. The summed E-state index contributed by atoms with van der Waals surface area (Å²) in [5.74, 6) is 0.503. The van der Waals surface area contributed by atoms with Crippen molar-refractivity contribution in [3.05, 3.63) is 11.4 Å². The fourth-order valence-electron chi connectivity index (χ4n) is 1.82. The van der Waals surface area contributed by atoms with E-state index in [-0.39, 0.29) is 5.54 Å². The molecule has 1 saturated heterocycles. The molecule has 0 atom stereocenters. The molecule has 2 heteroatoms. The van der Waals surface area contributed by atoms with Crippen molar-refractivity contribution in [1.29, 1.82) is 0 Å². The quantitative estimate of drug-likeness (QED) is 0.541. The molecule has 1 rings (SSSR count). The number of likely N-dealkylation sites (tertiary alicyclic amines) is 1. The Morgan fingerprint density at radius 1 is 1.33 bits per heavy atom. The fourth-order valence-corrected chi connectivity index (χ4v) is 1.82. The zero-order valence-electron chi connectivity index (χ0n) is 8.30. The van der Waals surface area contributed by atoms with Gasteiger partial charge in [0.1, 0.15) is 0 Å². The van der Waals surface area contributed by atoms with Crippen LogP contribution in [0, 0.1) is 12.5 Å². The average Bonchev–Trinajstić information content (AvgIpc) is 2.06. The Kier molecular flexibility index (Phi) is 2.74. The minimum absolute atomic E-state index is 0.0491. The van der Waals surface area contributed by atoms with Gasteiger partial charge in [-0.15, -0.1) is 0 Å². The van der Waals surface area contributed by atoms with Crippen LogP contribution < -0.4 is 0 Å². The summed E-state index contributed by atoms with van der Waals surface area (Å²) in [5, 5.41) is 0. The Hall–Kier alpha value is -0.550. The summed E-state index contributed by atoms with van der Waals surface area (Å²) < 4.78 is 0. The van der Waals surface area contributed by atoms with Gasteiger partial charge in [0, 0.05) is 31.8 Å². The van der Waals surface area contributed by atoms with Gasteiger partial charge in [0.05, 0.1) is 0 Å². The van der Waals surface area contributed by atoms with Crippen LogP contribution in [0.1, 0.15) is 26.7 Å². The van der Waals surface area contributed by atoms with Crippen LogP contribution in [0.2, 0.25) is 0 Å². The van der Waals surface area contributed by atoms with Crippen LogP contribution in [-0.4, -0.2) is 30.6 Å². The molecule has 68 valence electrons. The zero-order chi connectivity index (χ0) is 9.19. The van der Waals surface area contributed by atoms with E-state index in [0.29, 0.717) is 5.92 Å². The molecule has 0 N–H and O–H groups in total. The largest absolute Gasteiger partial charge is 0.310 e. The molecule has 12 heavy (non-hydrogen) atoms. The lowest BCUT2D eigenvalue weighted by atomic mass is 9.79. The lowest BCUT2D eigenvalue weighted by Gasteiger charge is -2.34. The Morgan fingerprint density at radius 2 is 1.83 bits per heavy atom. The number of nitrogens with zero attached hydrogens (tertiary/aromatic N) is 2. The molecule has 1 aliphatic heterocycles. The highest BCUT2D eigenvalue weighted by atomic mass is 15.1. The van der Waals surface area contributed by atoms with Gasteiger partial charge in [-0.25, -0.2) is 6.57 Å². The highest BCUT2D eigenvalue weighted by Gasteiger charge is 2.42. The summed E-state index contributed by atoms with van der Waals surface area (Å²) in [4.78, 5) is 6.15. The SMILES string of the molecule is [C-]#[N+]C1(C(C)C)CCN(C)CC1. The van der Waals surface area contributed by atoms with Gasteiger partial charge in [0.2, 0.25) is 5.54 Å². The van der Waals surface area contributed by atoms with E-state index in [2.05, 4.69) is 30.6 Å². The minimum Gasteiger partial charge on any atom is -0.310 e. The van der Waals surface area contributed by atoms with Gasteiger partial charge >= 0.3 is 0 Å². The van der Waals surface area contributed by atoms with Crippen LogP contribution in [0.25, 0.3) is 4.85 Å². The first-order chi connectivity index (χ1) is 5.60. The molecule has 0 aromatic heterocycles. The molecule has 1 fully saturated rings. The van der Waals surface area contributed by atoms with Crippen LogP contribution in [0.15, 0.2) is 0 Å². The Labute approximate surface area is 75.4 Å². The van der Waals surface area contributed by atoms with Crippen molar-refractivity contribution in [1.82, 2.24) is 4.90 Å². The first kappa shape index (κ1) is 9.54. The molecule has 0 unspecified atom stereocenters. The van der Waals surface area contributed by atoms with E-state index < -0.39 is 0 Å². The number of hydrogen-bond donors (Lipinski definition) is 0. The topological polar surface area (TPSA) is 7.60 Å². The third-order valence-corrected chi connectivity index (χ3v) is 3.15. The van der Waals surface area contributed by atoms with E-state index in [0.717, 1.165) is 25.9 Å². The summed E-state index contributed by atoms with van der Waals surface area (Å²) in [5.41, 5.74) is -0.0491. The Morgan fingerprint density at radius 3 is 2.17 bits per heavy atom. The van der Waals surface area contributed by atoms with Crippen LogP contribution in [-0.2, 0) is 0 Å². The molecule has 0 amide bonds. The van der Waals surface area contributed by atoms with E-state index in [4.69, 9.17) is 6.57 Å². The van der Waals surface area contributed by atoms with Crippen molar-refractivity contribution in [3.63, 3.8) is 0 Å². The molecule has 0 aliphatic carbocycles. The van der Waals surface area contributed by atoms with Crippen molar-refractivity contribution in [3.8, 4) is 0 Å². The monoisotopic (exact) mass is 166 g/mol. The summed E-state index contributed by atoms with van der Waals surface area (Å²) in [6, 6.07) is 0. The van der Waals surface area contributed by atoms with Crippen LogP contribution in [0.3, 0.4) is 0 Å². The van der Waals surface area contributed by atoms with Crippen molar-refractivity contribution < 1.29 is 0 Å². The Bertz CT molecular complexity index is 183. The molecule has 0 bridgehead atoms. The second-order valence-corrected chi connectivity index (χ2v) is 4.17. The van der Waals surface area contributed by atoms with Crippen LogP contribution in [0.5, 0.6) is 0 Å². The molecule has 2 nitrogen and oxygen atoms in total. The molecule has 1 aliphatic rings. The number of rotatable bonds is 1. The van der Waals surface area contributed by atoms with Gasteiger partial charge in [-0.1, -0.05) is 13.8 Å². The average molecular weight is 166 g/mol. The number of hydrogen-bond acceptors (Lipinski definition) is 1. The molecule has 1 heterocycles. The summed E-state index contributed by atoms with van der Waals surface area (Å²) >= 11 is 0. The van der Waals surface area contributed by atoms with Gasteiger partial charge in [0.15, 0.2) is 0 Å². The van der Waals surface area contributed by atoms with E-state index in [9.17, 15) is 0 Å². The van der Waals surface area contributed by atoms with E-state index in [1.54, 1.807) is 0 Å². The van der Waals surface area contributed by atoms with Gasteiger partial charge < -0.3 is 9.74 Å². The molecule has 0 aromatic carbocycles. The van der Waals surface area contributed by atoms with E-state index in [1.165, 1.54) is 0 Å². The summed E-state index contributed by atoms with van der Waals surface area (Å²) in [7, 11) is 2.13. The maximum absolute atomic E-state index is 7.25. The maximum Gasteiger partial charge on any atom is 0.237 e. The molecular weight excluding hydrogens is 148 g/mol. The highest BCUT2D eigenvalue weighted by Crippen LogP contribution is 2.33. The summed E-state index contributed by atoms with van der Waals surface area (Å²) in [6.45, 7) is 13.8. The normalized spacial score (nSPS) is 23.9. The zero-order valence-corrected chi connectivity index (χ0v) is 8.30. The standard InChI is InChI=1S/C10H18N2/c1-9(2)10(11-3)5-7-12(4)8-6-10/h9H,5-8H2,1-2,4H3.